The molecule has 0 saturated carbocycles. The summed E-state index contributed by atoms with van der Waals surface area (Å²) < 4.78 is 15.8. The molecule has 1 fully saturated rings. The summed E-state index contributed by atoms with van der Waals surface area (Å²) in [5.41, 5.74) is 0.791. The molecule has 146 valence electrons. The Morgan fingerprint density at radius 3 is 2.31 bits per heavy atom. The third-order valence-electron chi connectivity index (χ3n) is 4.21. The first-order valence-corrected chi connectivity index (χ1v) is 8.02. The van der Waals surface area contributed by atoms with Crippen molar-refractivity contribution in [3.8, 4) is 17.2 Å². The minimum Gasteiger partial charge on any atom is -0.493 e. The number of methoxy groups -OCH3 is 3. The van der Waals surface area contributed by atoms with Crippen molar-refractivity contribution in [3.63, 3.8) is 0 Å². The average molecular weight is 389 g/mol. The molecule has 1 aromatic carbocycles. The summed E-state index contributed by atoms with van der Waals surface area (Å²) in [6.45, 7) is 0.969. The minimum absolute atomic E-state index is 0. The zero-order chi connectivity index (χ0) is 18.4. The van der Waals surface area contributed by atoms with Crippen LogP contribution in [0.4, 0.5) is 0 Å². The molecule has 8 nitrogen and oxygen atoms in total. The number of hydrogen-bond donors (Lipinski definition) is 2. The van der Waals surface area contributed by atoms with Gasteiger partial charge in [-0.1, -0.05) is 0 Å². The van der Waals surface area contributed by atoms with Gasteiger partial charge in [-0.3, -0.25) is 14.5 Å². The fourth-order valence-electron chi connectivity index (χ4n) is 2.97. The maximum atomic E-state index is 12.1. The zero-order valence-corrected chi connectivity index (χ0v) is 15.9. The summed E-state index contributed by atoms with van der Waals surface area (Å²) in [6, 6.07) is 2.95. The van der Waals surface area contributed by atoms with E-state index in [-0.39, 0.29) is 31.4 Å². The molecule has 0 spiro atoms. The predicted octanol–water partition coefficient (Wildman–Crippen LogP) is 1.30. The number of likely N-dealkylation sites (tertiary alicyclic amines) is 1. The van der Waals surface area contributed by atoms with Crippen molar-refractivity contribution >= 4 is 24.3 Å². The Balaban J connectivity index is 0.00000338. The lowest BCUT2D eigenvalue weighted by Crippen LogP contribution is -2.42. The number of carboxylic acid groups (broad SMARTS) is 1. The number of amides is 1. The van der Waals surface area contributed by atoms with Crippen LogP contribution in [-0.4, -0.2) is 62.3 Å². The number of benzene rings is 1. The maximum Gasteiger partial charge on any atom is 0.320 e. The van der Waals surface area contributed by atoms with Crippen LogP contribution in [0.3, 0.4) is 0 Å². The van der Waals surface area contributed by atoms with Gasteiger partial charge in [0.05, 0.1) is 27.9 Å². The van der Waals surface area contributed by atoms with E-state index in [1.807, 2.05) is 0 Å². The van der Waals surface area contributed by atoms with E-state index in [2.05, 4.69) is 5.32 Å². The first kappa shape index (κ1) is 21.9. The summed E-state index contributed by atoms with van der Waals surface area (Å²) in [4.78, 5) is 25.0. The topological polar surface area (TPSA) is 97.3 Å². The molecular formula is C17H25ClN2O6. The SMILES string of the molecule is COc1cc(CNC(=O)CN2CCC[C@H]2C(=O)O)cc(OC)c1OC.Cl. The van der Waals surface area contributed by atoms with Gasteiger partial charge in [0.2, 0.25) is 11.7 Å². The molecule has 2 N–H and O–H groups in total. The molecule has 0 bridgehead atoms. The highest BCUT2D eigenvalue weighted by atomic mass is 35.5. The Kier molecular flexibility index (Phi) is 8.47. The van der Waals surface area contributed by atoms with E-state index < -0.39 is 12.0 Å². The number of carbonyl (C=O) groups is 2. The predicted molar refractivity (Wildman–Crippen MR) is 97.4 cm³/mol. The monoisotopic (exact) mass is 388 g/mol. The molecule has 0 aliphatic carbocycles. The number of carboxylic acids is 1. The van der Waals surface area contributed by atoms with Crippen LogP contribution in [0, 0.1) is 0 Å². The van der Waals surface area contributed by atoms with Crippen LogP contribution < -0.4 is 19.5 Å². The van der Waals surface area contributed by atoms with E-state index in [0.29, 0.717) is 30.2 Å². The molecule has 1 amide bonds. The molecule has 1 aromatic rings. The van der Waals surface area contributed by atoms with Crippen LogP contribution in [0.5, 0.6) is 17.2 Å². The van der Waals surface area contributed by atoms with Gasteiger partial charge in [-0.05, 0) is 37.1 Å². The number of hydrogen-bond acceptors (Lipinski definition) is 6. The van der Waals surface area contributed by atoms with Crippen LogP contribution in [0.1, 0.15) is 18.4 Å². The highest BCUT2D eigenvalue weighted by Gasteiger charge is 2.31. The van der Waals surface area contributed by atoms with Gasteiger partial charge in [0.15, 0.2) is 11.5 Å². The normalized spacial score (nSPS) is 16.5. The van der Waals surface area contributed by atoms with Crippen LogP contribution in [0.25, 0.3) is 0 Å². The fourth-order valence-corrected chi connectivity index (χ4v) is 2.97. The Hall–Kier alpha value is -2.19. The lowest BCUT2D eigenvalue weighted by atomic mass is 10.1. The van der Waals surface area contributed by atoms with E-state index in [0.717, 1.165) is 12.0 Å². The van der Waals surface area contributed by atoms with Gasteiger partial charge in [-0.25, -0.2) is 0 Å². The van der Waals surface area contributed by atoms with Crippen molar-refractivity contribution in [2.24, 2.45) is 0 Å². The van der Waals surface area contributed by atoms with Crippen molar-refractivity contribution < 1.29 is 28.9 Å². The van der Waals surface area contributed by atoms with Crippen LogP contribution >= 0.6 is 12.4 Å². The Labute approximate surface area is 158 Å². The van der Waals surface area contributed by atoms with E-state index in [1.54, 1.807) is 17.0 Å². The second-order valence-corrected chi connectivity index (χ2v) is 5.78. The van der Waals surface area contributed by atoms with Crippen molar-refractivity contribution in [1.29, 1.82) is 0 Å². The summed E-state index contributed by atoms with van der Waals surface area (Å²) in [5, 5.41) is 12.0. The van der Waals surface area contributed by atoms with Crippen LogP contribution in [0.15, 0.2) is 12.1 Å². The van der Waals surface area contributed by atoms with Gasteiger partial charge in [-0.2, -0.15) is 0 Å². The average Bonchev–Trinajstić information content (AvgIpc) is 3.07. The number of nitrogens with one attached hydrogen (secondary N) is 1. The van der Waals surface area contributed by atoms with Crippen molar-refractivity contribution in [3.05, 3.63) is 17.7 Å². The highest BCUT2D eigenvalue weighted by Crippen LogP contribution is 2.38. The molecule has 1 heterocycles. The molecule has 9 heteroatoms. The molecule has 26 heavy (non-hydrogen) atoms. The van der Waals surface area contributed by atoms with Crippen molar-refractivity contribution in [2.45, 2.75) is 25.4 Å². The van der Waals surface area contributed by atoms with Crippen molar-refractivity contribution in [2.75, 3.05) is 34.4 Å². The maximum absolute atomic E-state index is 12.1. The van der Waals surface area contributed by atoms with Gasteiger partial charge < -0.3 is 24.6 Å². The van der Waals surface area contributed by atoms with E-state index in [9.17, 15) is 9.59 Å². The lowest BCUT2D eigenvalue weighted by molar-refractivity contribution is -0.142. The summed E-state index contributed by atoms with van der Waals surface area (Å²) in [5.74, 6) is 0.409. The molecule has 0 unspecified atom stereocenters. The van der Waals surface area contributed by atoms with Gasteiger partial charge in [-0.15, -0.1) is 12.4 Å². The number of carbonyl (C=O) groups excluding carboxylic acids is 1. The standard InChI is InChI=1S/C17H24N2O6.ClH/c1-23-13-7-11(8-14(24-2)16(13)25-3)9-18-15(20)10-19-6-4-5-12(19)17(21)22;/h7-8,12H,4-6,9-10H2,1-3H3,(H,18,20)(H,21,22);1H/t12-;/m0./s1. The summed E-state index contributed by atoms with van der Waals surface area (Å²) in [6.07, 6.45) is 1.37. The molecule has 1 atom stereocenters. The first-order chi connectivity index (χ1) is 12.0. The second kappa shape index (κ2) is 10.1. The summed E-state index contributed by atoms with van der Waals surface area (Å²) in [7, 11) is 4.58. The van der Waals surface area contributed by atoms with E-state index in [4.69, 9.17) is 19.3 Å². The minimum atomic E-state index is -0.880. The molecule has 1 saturated heterocycles. The number of nitrogens with zero attached hydrogens (tertiary/aromatic N) is 1. The van der Waals surface area contributed by atoms with Crippen LogP contribution in [0.2, 0.25) is 0 Å². The number of aliphatic carboxylic acids is 1. The smallest absolute Gasteiger partial charge is 0.320 e. The van der Waals surface area contributed by atoms with Gasteiger partial charge >= 0.3 is 5.97 Å². The number of ether oxygens (including phenoxy) is 3. The van der Waals surface area contributed by atoms with Crippen molar-refractivity contribution in [1.82, 2.24) is 10.2 Å². The van der Waals surface area contributed by atoms with Crippen LogP contribution in [-0.2, 0) is 16.1 Å². The molecule has 2 rings (SSSR count). The zero-order valence-electron chi connectivity index (χ0n) is 15.1. The Morgan fingerprint density at radius 1 is 1.19 bits per heavy atom. The van der Waals surface area contributed by atoms with E-state index >= 15 is 0 Å². The third-order valence-corrected chi connectivity index (χ3v) is 4.21. The Bertz CT molecular complexity index is 615. The Morgan fingerprint density at radius 2 is 1.81 bits per heavy atom. The van der Waals surface area contributed by atoms with Gasteiger partial charge in [0.25, 0.3) is 0 Å². The molecule has 0 aromatic heterocycles. The highest BCUT2D eigenvalue weighted by molar-refractivity contribution is 5.85. The number of halogens is 1. The summed E-state index contributed by atoms with van der Waals surface area (Å²) >= 11 is 0. The van der Waals surface area contributed by atoms with Gasteiger partial charge in [0, 0.05) is 6.54 Å². The van der Waals surface area contributed by atoms with Gasteiger partial charge in [0.1, 0.15) is 6.04 Å². The fraction of sp³-hybridized carbons (Fsp3) is 0.529. The molecule has 0 radical (unpaired) electrons. The molecule has 1 aliphatic heterocycles. The quantitative estimate of drug-likeness (QED) is 0.692. The largest absolute Gasteiger partial charge is 0.493 e. The first-order valence-electron chi connectivity index (χ1n) is 8.02. The molecule has 1 aliphatic rings. The third kappa shape index (κ3) is 5.15. The lowest BCUT2D eigenvalue weighted by Gasteiger charge is -2.20. The molecular weight excluding hydrogens is 364 g/mol. The number of rotatable bonds is 8. The second-order valence-electron chi connectivity index (χ2n) is 5.78. The van der Waals surface area contributed by atoms with E-state index in [1.165, 1.54) is 21.3 Å².